The van der Waals surface area contributed by atoms with Crippen molar-refractivity contribution >= 4 is 21.6 Å². The molecule has 0 radical (unpaired) electrons. The second kappa shape index (κ2) is 10.8. The van der Waals surface area contributed by atoms with Crippen molar-refractivity contribution in [3.63, 3.8) is 0 Å². The number of nitrogens with one attached hydrogen (secondary N) is 1. The molecule has 3 aromatic rings. The molecule has 0 aromatic heterocycles. The number of carbonyl (C=O) groups excluding carboxylic acids is 1. The first-order valence-corrected chi connectivity index (χ1v) is 13.1. The molecule has 8 heteroatoms. The van der Waals surface area contributed by atoms with Crippen LogP contribution in [-0.4, -0.2) is 34.1 Å². The molecule has 1 N–H and O–H groups in total. The zero-order valence-electron chi connectivity index (χ0n) is 19.9. The number of ether oxygens (including phenoxy) is 2. The Kier molecular flexibility index (Phi) is 7.60. The first-order chi connectivity index (χ1) is 16.8. The van der Waals surface area contributed by atoms with Gasteiger partial charge in [-0.25, -0.2) is 8.42 Å². The van der Waals surface area contributed by atoms with E-state index in [1.807, 2.05) is 30.3 Å². The van der Waals surface area contributed by atoms with Crippen molar-refractivity contribution in [3.8, 4) is 11.5 Å². The number of amides is 1. The summed E-state index contributed by atoms with van der Waals surface area (Å²) in [6.45, 7) is 4.60. The van der Waals surface area contributed by atoms with Crippen LogP contribution in [0.1, 0.15) is 31.9 Å². The van der Waals surface area contributed by atoms with Crippen LogP contribution < -0.4 is 19.1 Å². The lowest BCUT2D eigenvalue weighted by Gasteiger charge is -2.27. The SMILES string of the molecule is CC(C)C[C@H](NC(=O)CN(c1ccc2c(c1)OCCO2)S(=O)(=O)c1ccccc1)c1ccccc1. The van der Waals surface area contributed by atoms with Crippen molar-refractivity contribution in [1.82, 2.24) is 5.32 Å². The van der Waals surface area contributed by atoms with Gasteiger partial charge in [0.15, 0.2) is 11.5 Å². The Morgan fingerprint density at radius 3 is 2.20 bits per heavy atom. The normalized spacial score (nSPS) is 13.8. The Morgan fingerprint density at radius 1 is 0.914 bits per heavy atom. The van der Waals surface area contributed by atoms with E-state index in [4.69, 9.17) is 9.47 Å². The van der Waals surface area contributed by atoms with Crippen LogP contribution in [-0.2, 0) is 14.8 Å². The van der Waals surface area contributed by atoms with Gasteiger partial charge in [0.25, 0.3) is 10.0 Å². The van der Waals surface area contributed by atoms with Crippen LogP contribution in [0.3, 0.4) is 0 Å². The van der Waals surface area contributed by atoms with Crippen molar-refractivity contribution in [2.45, 2.75) is 31.2 Å². The fraction of sp³-hybridized carbons (Fsp3) is 0.296. The van der Waals surface area contributed by atoms with Gasteiger partial charge in [0, 0.05) is 6.07 Å². The largest absolute Gasteiger partial charge is 0.486 e. The average Bonchev–Trinajstić information content (AvgIpc) is 2.87. The van der Waals surface area contributed by atoms with Crippen LogP contribution in [0.15, 0.2) is 83.8 Å². The van der Waals surface area contributed by atoms with Crippen LogP contribution in [0.2, 0.25) is 0 Å². The van der Waals surface area contributed by atoms with Gasteiger partial charge in [-0.15, -0.1) is 0 Å². The number of hydrogen-bond donors (Lipinski definition) is 1. The van der Waals surface area contributed by atoms with E-state index in [1.165, 1.54) is 12.1 Å². The number of anilines is 1. The summed E-state index contributed by atoms with van der Waals surface area (Å²) in [5, 5.41) is 3.05. The van der Waals surface area contributed by atoms with E-state index in [0.717, 1.165) is 16.3 Å². The zero-order chi connectivity index (χ0) is 24.8. The summed E-state index contributed by atoms with van der Waals surface area (Å²) < 4.78 is 39.6. The highest BCUT2D eigenvalue weighted by atomic mass is 32.2. The summed E-state index contributed by atoms with van der Waals surface area (Å²) >= 11 is 0. The molecule has 1 heterocycles. The molecule has 1 amide bonds. The highest BCUT2D eigenvalue weighted by Gasteiger charge is 2.29. The van der Waals surface area contributed by atoms with Gasteiger partial charge >= 0.3 is 0 Å². The second-order valence-corrected chi connectivity index (χ2v) is 10.7. The van der Waals surface area contributed by atoms with Gasteiger partial charge in [0.1, 0.15) is 19.8 Å². The molecule has 0 unspecified atom stereocenters. The number of hydrogen-bond acceptors (Lipinski definition) is 5. The molecule has 184 valence electrons. The molecule has 0 saturated heterocycles. The topological polar surface area (TPSA) is 84.9 Å². The molecule has 0 aliphatic carbocycles. The second-order valence-electron chi connectivity index (χ2n) is 8.81. The molecule has 0 spiro atoms. The summed E-state index contributed by atoms with van der Waals surface area (Å²) in [6.07, 6.45) is 0.727. The van der Waals surface area contributed by atoms with E-state index in [-0.39, 0.29) is 17.5 Å². The quantitative estimate of drug-likeness (QED) is 0.472. The van der Waals surface area contributed by atoms with E-state index in [1.54, 1.807) is 36.4 Å². The first kappa shape index (κ1) is 24.6. The Morgan fingerprint density at radius 2 is 1.54 bits per heavy atom. The Hall–Kier alpha value is -3.52. The minimum atomic E-state index is -4.02. The van der Waals surface area contributed by atoms with Crippen molar-refractivity contribution in [2.24, 2.45) is 5.92 Å². The van der Waals surface area contributed by atoms with Crippen molar-refractivity contribution in [1.29, 1.82) is 0 Å². The fourth-order valence-electron chi connectivity index (χ4n) is 4.03. The Bertz CT molecular complexity index is 1250. The molecule has 0 saturated carbocycles. The lowest BCUT2D eigenvalue weighted by Crippen LogP contribution is -2.42. The molecule has 4 rings (SSSR count). The molecule has 1 aliphatic heterocycles. The minimum absolute atomic E-state index is 0.101. The maximum absolute atomic E-state index is 13.6. The maximum atomic E-state index is 13.6. The van der Waals surface area contributed by atoms with Crippen LogP contribution in [0.4, 0.5) is 5.69 Å². The Balaban J connectivity index is 1.65. The molecule has 0 fully saturated rings. The monoisotopic (exact) mass is 494 g/mol. The highest BCUT2D eigenvalue weighted by Crippen LogP contribution is 2.35. The lowest BCUT2D eigenvalue weighted by atomic mass is 9.97. The van der Waals surface area contributed by atoms with Crippen molar-refractivity contribution in [3.05, 3.63) is 84.4 Å². The standard InChI is InChI=1S/C27H30N2O5S/c1-20(2)17-24(21-9-5-3-6-10-21)28-27(30)19-29(35(31,32)23-11-7-4-8-12-23)22-13-14-25-26(18-22)34-16-15-33-25/h3-14,18,20,24H,15-17,19H2,1-2H3,(H,28,30)/t24-/m0/s1. The number of benzene rings is 3. The van der Waals surface area contributed by atoms with E-state index >= 15 is 0 Å². The lowest BCUT2D eigenvalue weighted by molar-refractivity contribution is -0.120. The van der Waals surface area contributed by atoms with Gasteiger partial charge < -0.3 is 14.8 Å². The Labute approximate surface area is 206 Å². The number of rotatable bonds is 9. The van der Waals surface area contributed by atoms with Crippen molar-refractivity contribution < 1.29 is 22.7 Å². The highest BCUT2D eigenvalue weighted by molar-refractivity contribution is 7.92. The third kappa shape index (κ3) is 5.95. The maximum Gasteiger partial charge on any atom is 0.264 e. The van der Waals surface area contributed by atoms with Gasteiger partial charge in [-0.1, -0.05) is 62.4 Å². The average molecular weight is 495 g/mol. The van der Waals surface area contributed by atoms with Crippen molar-refractivity contribution in [2.75, 3.05) is 24.1 Å². The molecule has 7 nitrogen and oxygen atoms in total. The van der Waals surface area contributed by atoms with E-state index < -0.39 is 15.9 Å². The molecule has 1 atom stereocenters. The first-order valence-electron chi connectivity index (χ1n) is 11.7. The van der Waals surface area contributed by atoms with Gasteiger partial charge in [0.05, 0.1) is 16.6 Å². The molecular weight excluding hydrogens is 464 g/mol. The predicted octanol–water partition coefficient (Wildman–Crippen LogP) is 4.56. The third-order valence-corrected chi connectivity index (χ3v) is 7.46. The number of nitrogens with zero attached hydrogens (tertiary/aromatic N) is 1. The third-order valence-electron chi connectivity index (χ3n) is 5.68. The van der Waals surface area contributed by atoms with Crippen LogP contribution in [0, 0.1) is 5.92 Å². The number of carbonyl (C=O) groups is 1. The summed E-state index contributed by atoms with van der Waals surface area (Å²) in [5.41, 5.74) is 1.31. The van der Waals surface area contributed by atoms with Crippen LogP contribution >= 0.6 is 0 Å². The molecular formula is C27H30N2O5S. The minimum Gasteiger partial charge on any atom is -0.486 e. The van der Waals surface area contributed by atoms with Crippen LogP contribution in [0.5, 0.6) is 11.5 Å². The summed E-state index contributed by atoms with van der Waals surface area (Å²) in [6, 6.07) is 22.5. The zero-order valence-corrected chi connectivity index (χ0v) is 20.7. The molecule has 0 bridgehead atoms. The van der Waals surface area contributed by atoms with Gasteiger partial charge in [-0.05, 0) is 42.2 Å². The summed E-state index contributed by atoms with van der Waals surface area (Å²) in [7, 11) is -4.02. The number of fused-ring (bicyclic) bond motifs is 1. The molecule has 35 heavy (non-hydrogen) atoms. The smallest absolute Gasteiger partial charge is 0.264 e. The molecule has 1 aliphatic rings. The van der Waals surface area contributed by atoms with Gasteiger partial charge in [0.2, 0.25) is 5.91 Å². The van der Waals surface area contributed by atoms with Crippen LogP contribution in [0.25, 0.3) is 0 Å². The van der Waals surface area contributed by atoms with E-state index in [2.05, 4.69) is 19.2 Å². The van der Waals surface area contributed by atoms with Gasteiger partial charge in [-0.2, -0.15) is 0 Å². The van der Waals surface area contributed by atoms with E-state index in [9.17, 15) is 13.2 Å². The summed E-state index contributed by atoms with van der Waals surface area (Å²) in [4.78, 5) is 13.4. The van der Waals surface area contributed by atoms with E-state index in [0.29, 0.717) is 36.3 Å². The summed E-state index contributed by atoms with van der Waals surface area (Å²) in [5.74, 6) is 0.934. The fourth-order valence-corrected chi connectivity index (χ4v) is 5.46. The molecule has 3 aromatic carbocycles. The van der Waals surface area contributed by atoms with Gasteiger partial charge in [-0.3, -0.25) is 9.10 Å². The predicted molar refractivity (Wildman–Crippen MR) is 135 cm³/mol. The number of sulfonamides is 1.